The number of carbonyl (C=O) groups excluding carboxylic acids is 1. The maximum absolute atomic E-state index is 13.6. The van der Waals surface area contributed by atoms with Crippen molar-refractivity contribution in [1.29, 1.82) is 0 Å². The molecule has 0 saturated carbocycles. The molecule has 12 heteroatoms. The number of pyridine rings is 2. The highest BCUT2D eigenvalue weighted by Crippen LogP contribution is 2.33. The van der Waals surface area contributed by atoms with Gasteiger partial charge in [-0.2, -0.15) is 13.2 Å². The fraction of sp³-hybridized carbons (Fsp3) is 0.105. The lowest BCUT2D eigenvalue weighted by molar-refractivity contribution is -0.137. The Labute approximate surface area is 286 Å². The van der Waals surface area contributed by atoms with Gasteiger partial charge in [0, 0.05) is 64.1 Å². The SMILES string of the molecule is Cc1ccc2ccccc2n1.Cc1cn(-c2cc(NC(=O)c3ccc(C)c(Nc4nccc(-c5cccnc5)n4)c3)cc(C(F)(F)F)c2)cn1. The minimum atomic E-state index is -4.60. The number of benzene rings is 3. The summed E-state index contributed by atoms with van der Waals surface area (Å²) >= 11 is 0. The van der Waals surface area contributed by atoms with Gasteiger partial charge in [-0.05, 0) is 87.0 Å². The van der Waals surface area contributed by atoms with Gasteiger partial charge >= 0.3 is 6.18 Å². The van der Waals surface area contributed by atoms with Crippen LogP contribution < -0.4 is 10.6 Å². The van der Waals surface area contributed by atoms with Crippen molar-refractivity contribution in [3.63, 3.8) is 0 Å². The first kappa shape index (κ1) is 33.5. The number of carbonyl (C=O) groups is 1. The Morgan fingerprint density at radius 3 is 2.40 bits per heavy atom. The summed E-state index contributed by atoms with van der Waals surface area (Å²) in [5, 5.41) is 6.92. The second kappa shape index (κ2) is 14.4. The van der Waals surface area contributed by atoms with Gasteiger partial charge in [-0.15, -0.1) is 0 Å². The monoisotopic (exact) mass is 672 g/mol. The van der Waals surface area contributed by atoms with Gasteiger partial charge in [0.25, 0.3) is 5.91 Å². The lowest BCUT2D eigenvalue weighted by Gasteiger charge is -2.14. The van der Waals surface area contributed by atoms with Crippen LogP contribution in [0.2, 0.25) is 0 Å². The third-order valence-electron chi connectivity index (χ3n) is 7.61. The first-order chi connectivity index (χ1) is 24.0. The molecule has 0 saturated heterocycles. The Kier molecular flexibility index (Phi) is 9.61. The number of hydrogen-bond donors (Lipinski definition) is 2. The van der Waals surface area contributed by atoms with Crippen LogP contribution in [0.1, 0.15) is 32.9 Å². The van der Waals surface area contributed by atoms with Gasteiger partial charge < -0.3 is 15.2 Å². The van der Waals surface area contributed by atoms with Gasteiger partial charge in [0.15, 0.2) is 0 Å². The fourth-order valence-electron chi connectivity index (χ4n) is 5.04. The predicted octanol–water partition coefficient (Wildman–Crippen LogP) is 8.90. The fourth-order valence-corrected chi connectivity index (χ4v) is 5.04. The van der Waals surface area contributed by atoms with E-state index in [1.807, 2.05) is 44.2 Å². The number of nitrogens with one attached hydrogen (secondary N) is 2. The zero-order valence-electron chi connectivity index (χ0n) is 27.3. The van der Waals surface area contributed by atoms with Gasteiger partial charge in [-0.3, -0.25) is 14.8 Å². The maximum atomic E-state index is 13.6. The van der Waals surface area contributed by atoms with E-state index in [1.54, 1.807) is 62.0 Å². The molecule has 0 spiro atoms. The van der Waals surface area contributed by atoms with E-state index in [2.05, 4.69) is 47.7 Å². The van der Waals surface area contributed by atoms with Crippen molar-refractivity contribution in [2.45, 2.75) is 26.9 Å². The van der Waals surface area contributed by atoms with E-state index in [1.165, 1.54) is 22.3 Å². The van der Waals surface area contributed by atoms with E-state index < -0.39 is 17.6 Å². The number of hydrogen-bond acceptors (Lipinski definition) is 7. The molecular formula is C38H31F3N8O. The lowest BCUT2D eigenvalue weighted by Crippen LogP contribution is -2.14. The van der Waals surface area contributed by atoms with Gasteiger partial charge in [-0.1, -0.05) is 30.3 Å². The summed E-state index contributed by atoms with van der Waals surface area (Å²) in [6, 6.07) is 26.0. The Hall–Kier alpha value is -6.43. The van der Waals surface area contributed by atoms with E-state index in [0.717, 1.165) is 34.5 Å². The van der Waals surface area contributed by atoms with Crippen molar-refractivity contribution in [3.8, 4) is 16.9 Å². The summed E-state index contributed by atoms with van der Waals surface area (Å²) in [6.45, 7) is 5.59. The van der Waals surface area contributed by atoms with Crippen molar-refractivity contribution < 1.29 is 18.0 Å². The van der Waals surface area contributed by atoms with Crippen molar-refractivity contribution in [2.24, 2.45) is 0 Å². The highest BCUT2D eigenvalue weighted by atomic mass is 19.4. The van der Waals surface area contributed by atoms with Crippen LogP contribution in [0, 0.1) is 20.8 Å². The summed E-state index contributed by atoms with van der Waals surface area (Å²) < 4.78 is 42.3. The minimum Gasteiger partial charge on any atom is -0.324 e. The molecular weight excluding hydrogens is 641 g/mol. The van der Waals surface area contributed by atoms with Gasteiger partial charge in [-0.25, -0.2) is 15.0 Å². The second-order valence-electron chi connectivity index (χ2n) is 11.4. The van der Waals surface area contributed by atoms with E-state index in [-0.39, 0.29) is 16.9 Å². The third kappa shape index (κ3) is 8.16. The molecule has 4 aromatic heterocycles. The highest BCUT2D eigenvalue weighted by molar-refractivity contribution is 6.05. The van der Waals surface area contributed by atoms with Crippen molar-refractivity contribution in [1.82, 2.24) is 29.5 Å². The van der Waals surface area contributed by atoms with Crippen molar-refractivity contribution >= 4 is 34.1 Å². The van der Waals surface area contributed by atoms with Gasteiger partial charge in [0.2, 0.25) is 5.95 Å². The Balaban J connectivity index is 0.000000331. The molecule has 0 unspecified atom stereocenters. The summed E-state index contributed by atoms with van der Waals surface area (Å²) in [5.74, 6) is -0.259. The number of alkyl halides is 3. The molecule has 0 atom stereocenters. The molecule has 0 fully saturated rings. The molecule has 2 N–H and O–H groups in total. The molecule has 4 heterocycles. The Bertz CT molecular complexity index is 2290. The number of fused-ring (bicyclic) bond motifs is 1. The average Bonchev–Trinajstić information content (AvgIpc) is 3.55. The zero-order chi connectivity index (χ0) is 35.3. The van der Waals surface area contributed by atoms with Crippen molar-refractivity contribution in [2.75, 3.05) is 10.6 Å². The normalized spacial score (nSPS) is 11.1. The topological polar surface area (TPSA) is 111 Å². The number of rotatable bonds is 6. The predicted molar refractivity (Wildman–Crippen MR) is 187 cm³/mol. The quantitative estimate of drug-likeness (QED) is 0.182. The second-order valence-corrected chi connectivity index (χ2v) is 11.4. The van der Waals surface area contributed by atoms with Crippen molar-refractivity contribution in [3.05, 3.63) is 150 Å². The smallest absolute Gasteiger partial charge is 0.324 e. The number of para-hydroxylation sites is 1. The zero-order valence-corrected chi connectivity index (χ0v) is 27.3. The number of imidazole rings is 1. The molecule has 50 heavy (non-hydrogen) atoms. The van der Waals surface area contributed by atoms with Crippen LogP contribution in [0.4, 0.5) is 30.5 Å². The minimum absolute atomic E-state index is 0.00114. The standard InChI is InChI=1S/C28H22F3N7O.C10H9N/c1-17-5-6-19(10-25(17)37-27-33-9-7-24(36-27)20-4-3-8-32-14-20)26(39)35-22-11-21(28(29,30)31)12-23(13-22)38-15-18(2)34-16-38;1-8-6-7-9-4-2-3-5-10(9)11-8/h3-16H,1-2H3,(H,35,39)(H,33,36,37);2-7H,1H3. The Morgan fingerprint density at radius 1 is 0.800 bits per heavy atom. The molecule has 250 valence electrons. The molecule has 3 aromatic carbocycles. The largest absolute Gasteiger partial charge is 0.416 e. The van der Waals surface area contributed by atoms with Crippen LogP contribution >= 0.6 is 0 Å². The number of aromatic nitrogens is 6. The molecule has 1 amide bonds. The molecule has 7 aromatic rings. The number of aryl methyl sites for hydroxylation is 3. The maximum Gasteiger partial charge on any atom is 0.416 e. The lowest BCUT2D eigenvalue weighted by atomic mass is 10.1. The number of anilines is 3. The van der Waals surface area contributed by atoms with Gasteiger partial charge in [0.05, 0.1) is 28.8 Å². The number of amides is 1. The molecule has 9 nitrogen and oxygen atoms in total. The summed E-state index contributed by atoms with van der Waals surface area (Å²) in [7, 11) is 0. The first-order valence-corrected chi connectivity index (χ1v) is 15.5. The molecule has 7 rings (SSSR count). The summed E-state index contributed by atoms with van der Waals surface area (Å²) in [4.78, 5) is 34.4. The number of halogens is 3. The molecule has 0 bridgehead atoms. The number of nitrogens with zero attached hydrogens (tertiary/aromatic N) is 6. The van der Waals surface area contributed by atoms with Crippen LogP contribution in [0.15, 0.2) is 122 Å². The van der Waals surface area contributed by atoms with Crippen LogP contribution in [0.5, 0.6) is 0 Å². The Morgan fingerprint density at radius 2 is 1.64 bits per heavy atom. The molecule has 0 aliphatic rings. The summed E-state index contributed by atoms with van der Waals surface area (Å²) in [5.41, 5.74) is 5.24. The van der Waals surface area contributed by atoms with Crippen LogP contribution in [-0.4, -0.2) is 35.4 Å². The summed E-state index contributed by atoms with van der Waals surface area (Å²) in [6.07, 6.45) is 3.38. The van der Waals surface area contributed by atoms with E-state index in [0.29, 0.717) is 23.0 Å². The van der Waals surface area contributed by atoms with E-state index >= 15 is 0 Å². The molecule has 0 aliphatic carbocycles. The average molecular weight is 673 g/mol. The molecule has 0 radical (unpaired) electrons. The van der Waals surface area contributed by atoms with Crippen LogP contribution in [-0.2, 0) is 6.18 Å². The van der Waals surface area contributed by atoms with E-state index in [9.17, 15) is 18.0 Å². The van der Waals surface area contributed by atoms with Gasteiger partial charge in [0.1, 0.15) is 0 Å². The van der Waals surface area contributed by atoms with Crippen LogP contribution in [0.3, 0.4) is 0 Å². The third-order valence-corrected chi connectivity index (χ3v) is 7.61. The highest BCUT2D eigenvalue weighted by Gasteiger charge is 2.31. The van der Waals surface area contributed by atoms with E-state index in [4.69, 9.17) is 0 Å². The van der Waals surface area contributed by atoms with Crippen LogP contribution in [0.25, 0.3) is 27.8 Å². The first-order valence-electron chi connectivity index (χ1n) is 15.5. The molecule has 0 aliphatic heterocycles.